The molecule has 0 atom stereocenters. The summed E-state index contributed by atoms with van der Waals surface area (Å²) >= 11 is 0. The molecule has 4 aliphatic rings. The number of fused-ring (bicyclic) bond motifs is 1. The third-order valence-electron chi connectivity index (χ3n) is 5.69. The van der Waals surface area contributed by atoms with Gasteiger partial charge >= 0.3 is 6.09 Å². The highest BCUT2D eigenvalue weighted by atomic mass is 16.6. The monoisotopic (exact) mass is 315 g/mol. The highest BCUT2D eigenvalue weighted by molar-refractivity contribution is 5.91. The second-order valence-corrected chi connectivity index (χ2v) is 8.65. The van der Waals surface area contributed by atoms with Gasteiger partial charge in [-0.1, -0.05) is 12.1 Å². The Morgan fingerprint density at radius 1 is 1.30 bits per heavy atom. The van der Waals surface area contributed by atoms with Gasteiger partial charge in [0.05, 0.1) is 5.69 Å². The van der Waals surface area contributed by atoms with Gasteiger partial charge in [0.15, 0.2) is 0 Å². The number of carbonyl (C=O) groups is 1. The highest BCUT2D eigenvalue weighted by Gasteiger charge is 2.68. The van der Waals surface area contributed by atoms with Gasteiger partial charge in [-0.05, 0) is 74.5 Å². The molecule has 0 radical (unpaired) electrons. The standard InChI is InChI=1S/C19H25NO3/c1-17(2,3)23-16(22)20-8-7-13-14(5-4-6-15(13)20)19-9-18(10-19,11-19)12-21/h4-6,21H,7-12H2,1-3H3. The number of amides is 1. The summed E-state index contributed by atoms with van der Waals surface area (Å²) in [5, 5.41) is 9.49. The molecule has 4 nitrogen and oxygen atoms in total. The van der Waals surface area contributed by atoms with Gasteiger partial charge in [0.2, 0.25) is 0 Å². The minimum absolute atomic E-state index is 0.201. The Bertz CT molecular complexity index is 654. The van der Waals surface area contributed by atoms with Gasteiger partial charge in [-0.2, -0.15) is 0 Å². The first kappa shape index (κ1) is 15.0. The topological polar surface area (TPSA) is 49.8 Å². The average molecular weight is 315 g/mol. The zero-order valence-electron chi connectivity index (χ0n) is 14.2. The van der Waals surface area contributed by atoms with Crippen LogP contribution < -0.4 is 4.90 Å². The molecule has 0 aromatic heterocycles. The zero-order valence-corrected chi connectivity index (χ0v) is 14.2. The first-order valence-corrected chi connectivity index (χ1v) is 8.51. The van der Waals surface area contributed by atoms with E-state index in [1.165, 1.54) is 11.1 Å². The quantitative estimate of drug-likeness (QED) is 0.910. The van der Waals surface area contributed by atoms with Crippen molar-refractivity contribution in [3.63, 3.8) is 0 Å². The van der Waals surface area contributed by atoms with E-state index in [0.717, 1.165) is 31.4 Å². The molecule has 1 amide bonds. The van der Waals surface area contributed by atoms with Gasteiger partial charge in [-0.3, -0.25) is 4.90 Å². The largest absolute Gasteiger partial charge is 0.443 e. The van der Waals surface area contributed by atoms with Gasteiger partial charge in [0.1, 0.15) is 5.60 Å². The highest BCUT2D eigenvalue weighted by Crippen LogP contribution is 2.74. The maximum absolute atomic E-state index is 12.4. The van der Waals surface area contributed by atoms with Crippen molar-refractivity contribution in [2.24, 2.45) is 5.41 Å². The molecule has 1 aromatic rings. The van der Waals surface area contributed by atoms with Crippen molar-refractivity contribution in [3.05, 3.63) is 29.3 Å². The van der Waals surface area contributed by atoms with Crippen molar-refractivity contribution in [1.29, 1.82) is 0 Å². The van der Waals surface area contributed by atoms with Crippen LogP contribution >= 0.6 is 0 Å². The molecule has 3 fully saturated rings. The number of rotatable bonds is 2. The Hall–Kier alpha value is -1.55. The van der Waals surface area contributed by atoms with Crippen LogP contribution in [0, 0.1) is 5.41 Å². The summed E-state index contributed by atoms with van der Waals surface area (Å²) in [6.07, 6.45) is 3.94. The van der Waals surface area contributed by atoms with E-state index in [0.29, 0.717) is 13.2 Å². The summed E-state index contributed by atoms with van der Waals surface area (Å²) in [5.74, 6) is 0. The smallest absolute Gasteiger partial charge is 0.414 e. The third kappa shape index (κ3) is 2.11. The van der Waals surface area contributed by atoms with Crippen LogP contribution in [0.15, 0.2) is 18.2 Å². The normalized spacial score (nSPS) is 31.2. The van der Waals surface area contributed by atoms with Crippen molar-refractivity contribution < 1.29 is 14.6 Å². The van der Waals surface area contributed by atoms with E-state index in [9.17, 15) is 9.90 Å². The summed E-state index contributed by atoms with van der Waals surface area (Å²) in [5.41, 5.74) is 3.71. The summed E-state index contributed by atoms with van der Waals surface area (Å²) < 4.78 is 5.54. The lowest BCUT2D eigenvalue weighted by Crippen LogP contribution is -2.66. The summed E-state index contributed by atoms with van der Waals surface area (Å²) in [7, 11) is 0. The summed E-state index contributed by atoms with van der Waals surface area (Å²) in [6.45, 7) is 6.70. The first-order valence-electron chi connectivity index (χ1n) is 8.51. The molecule has 1 heterocycles. The van der Waals surface area contributed by atoms with Crippen molar-refractivity contribution in [2.45, 2.75) is 57.5 Å². The number of aliphatic hydroxyl groups excluding tert-OH is 1. The molecule has 0 unspecified atom stereocenters. The third-order valence-corrected chi connectivity index (χ3v) is 5.69. The van der Waals surface area contributed by atoms with Gasteiger partial charge in [-0.15, -0.1) is 0 Å². The molecule has 23 heavy (non-hydrogen) atoms. The van der Waals surface area contributed by atoms with E-state index in [-0.39, 0.29) is 16.9 Å². The Kier molecular flexibility index (Phi) is 2.94. The van der Waals surface area contributed by atoms with E-state index >= 15 is 0 Å². The molecule has 124 valence electrons. The fraction of sp³-hybridized carbons (Fsp3) is 0.632. The zero-order chi connectivity index (χ0) is 16.5. The number of anilines is 1. The van der Waals surface area contributed by atoms with Crippen LogP contribution in [0.2, 0.25) is 0 Å². The molecule has 1 aliphatic heterocycles. The van der Waals surface area contributed by atoms with Gasteiger partial charge in [0.25, 0.3) is 0 Å². The molecule has 3 aliphatic carbocycles. The fourth-order valence-electron chi connectivity index (χ4n) is 4.89. The molecule has 5 rings (SSSR count). The van der Waals surface area contributed by atoms with Crippen LogP contribution in [0.5, 0.6) is 0 Å². The Labute approximate surface area is 137 Å². The van der Waals surface area contributed by atoms with Crippen molar-refractivity contribution in [1.82, 2.24) is 0 Å². The van der Waals surface area contributed by atoms with E-state index in [1.807, 2.05) is 26.8 Å². The van der Waals surface area contributed by atoms with E-state index in [1.54, 1.807) is 4.90 Å². The molecule has 1 N–H and O–H groups in total. The Morgan fingerprint density at radius 2 is 2.00 bits per heavy atom. The van der Waals surface area contributed by atoms with Gasteiger partial charge < -0.3 is 9.84 Å². The van der Waals surface area contributed by atoms with E-state index in [4.69, 9.17) is 4.74 Å². The van der Waals surface area contributed by atoms with Crippen LogP contribution in [-0.2, 0) is 16.6 Å². The maximum Gasteiger partial charge on any atom is 0.414 e. The van der Waals surface area contributed by atoms with E-state index < -0.39 is 5.60 Å². The number of carbonyl (C=O) groups excluding carboxylic acids is 1. The average Bonchev–Trinajstić information content (AvgIpc) is 2.78. The number of aliphatic hydroxyl groups is 1. The van der Waals surface area contributed by atoms with Gasteiger partial charge in [-0.25, -0.2) is 4.79 Å². The number of hydrogen-bond donors (Lipinski definition) is 1. The minimum atomic E-state index is -0.473. The summed E-state index contributed by atoms with van der Waals surface area (Å²) in [4.78, 5) is 14.2. The fourth-order valence-corrected chi connectivity index (χ4v) is 4.89. The molecular weight excluding hydrogens is 290 g/mol. The van der Waals surface area contributed by atoms with Gasteiger partial charge in [0, 0.05) is 13.2 Å². The number of ether oxygens (including phenoxy) is 1. The van der Waals surface area contributed by atoms with Crippen LogP contribution in [0.25, 0.3) is 0 Å². The van der Waals surface area contributed by atoms with Crippen LogP contribution in [0.4, 0.5) is 10.5 Å². The maximum atomic E-state index is 12.4. The molecule has 3 saturated carbocycles. The minimum Gasteiger partial charge on any atom is -0.443 e. The van der Waals surface area contributed by atoms with Crippen LogP contribution in [0.3, 0.4) is 0 Å². The SMILES string of the molecule is CC(C)(C)OC(=O)N1CCc2c1cccc2C12CC(CO)(C1)C2. The molecule has 2 bridgehead atoms. The van der Waals surface area contributed by atoms with Crippen LogP contribution in [0.1, 0.15) is 51.2 Å². The predicted octanol–water partition coefficient (Wildman–Crippen LogP) is 3.40. The van der Waals surface area contributed by atoms with Crippen molar-refractivity contribution in [3.8, 4) is 0 Å². The molecule has 0 saturated heterocycles. The van der Waals surface area contributed by atoms with E-state index in [2.05, 4.69) is 12.1 Å². The Balaban J connectivity index is 1.60. The second-order valence-electron chi connectivity index (χ2n) is 8.65. The number of hydrogen-bond acceptors (Lipinski definition) is 3. The number of nitrogens with zero attached hydrogens (tertiary/aromatic N) is 1. The lowest BCUT2D eigenvalue weighted by Gasteiger charge is -2.71. The predicted molar refractivity (Wildman–Crippen MR) is 88.8 cm³/mol. The van der Waals surface area contributed by atoms with Crippen LogP contribution in [-0.4, -0.2) is 30.0 Å². The Morgan fingerprint density at radius 3 is 2.61 bits per heavy atom. The summed E-state index contributed by atoms with van der Waals surface area (Å²) in [6, 6.07) is 6.31. The molecule has 4 heteroatoms. The molecular formula is C19H25NO3. The lowest BCUT2D eigenvalue weighted by molar-refractivity contribution is -0.168. The molecule has 0 spiro atoms. The molecule has 1 aromatic carbocycles. The van der Waals surface area contributed by atoms with Crippen molar-refractivity contribution >= 4 is 11.8 Å². The van der Waals surface area contributed by atoms with Crippen molar-refractivity contribution in [2.75, 3.05) is 18.1 Å². The lowest BCUT2D eigenvalue weighted by atomic mass is 9.33. The first-order chi connectivity index (χ1) is 10.8. The second kappa shape index (κ2) is 4.50. The number of benzene rings is 1.